The van der Waals surface area contributed by atoms with E-state index in [9.17, 15) is 4.79 Å². The lowest BCUT2D eigenvalue weighted by Crippen LogP contribution is -2.37. The summed E-state index contributed by atoms with van der Waals surface area (Å²) in [5.74, 6) is 0.130. The molecule has 0 radical (unpaired) electrons. The fourth-order valence-corrected chi connectivity index (χ4v) is 2.50. The van der Waals surface area contributed by atoms with Gasteiger partial charge in [-0.15, -0.1) is 0 Å². The van der Waals surface area contributed by atoms with E-state index in [0.29, 0.717) is 12.1 Å². The number of aromatic nitrogens is 1. The highest BCUT2D eigenvalue weighted by molar-refractivity contribution is 9.10. The molecule has 6 heteroatoms. The highest BCUT2D eigenvalue weighted by Gasteiger charge is 2.21. The number of amides is 1. The molecule has 1 fully saturated rings. The molecule has 0 saturated carbocycles. The molecule has 5 nitrogen and oxygen atoms in total. The van der Waals surface area contributed by atoms with E-state index in [0.717, 1.165) is 30.3 Å². The van der Waals surface area contributed by atoms with Gasteiger partial charge in [-0.25, -0.2) is 4.98 Å². The van der Waals surface area contributed by atoms with Gasteiger partial charge in [0.25, 0.3) is 5.91 Å². The Bertz CT molecular complexity index is 461. The Morgan fingerprint density at radius 1 is 1.63 bits per heavy atom. The topological polar surface area (TPSA) is 68.5 Å². The summed E-state index contributed by atoms with van der Waals surface area (Å²) >= 11 is 3.30. The molecule has 1 amide bonds. The Morgan fingerprint density at radius 3 is 3.11 bits per heavy atom. The first-order valence-corrected chi connectivity index (χ1v) is 7.15. The Morgan fingerprint density at radius 2 is 2.42 bits per heavy atom. The molecule has 0 bridgehead atoms. The van der Waals surface area contributed by atoms with E-state index in [1.54, 1.807) is 24.2 Å². The second-order valence-electron chi connectivity index (χ2n) is 4.76. The van der Waals surface area contributed by atoms with Crippen LogP contribution in [0, 0.1) is 0 Å². The third-order valence-electron chi connectivity index (χ3n) is 3.21. The van der Waals surface area contributed by atoms with Crippen molar-refractivity contribution in [2.45, 2.75) is 25.4 Å². The smallest absolute Gasteiger partial charge is 0.257 e. The second-order valence-corrected chi connectivity index (χ2v) is 5.68. The van der Waals surface area contributed by atoms with Crippen molar-refractivity contribution in [3.05, 3.63) is 22.3 Å². The molecule has 1 aliphatic rings. The summed E-state index contributed by atoms with van der Waals surface area (Å²) in [6.45, 7) is 1.37. The molecule has 2 N–H and O–H groups in total. The summed E-state index contributed by atoms with van der Waals surface area (Å²) < 4.78 is 6.38. The zero-order valence-electron chi connectivity index (χ0n) is 10.9. The van der Waals surface area contributed by atoms with Gasteiger partial charge in [-0.2, -0.15) is 0 Å². The normalized spacial score (nSPS) is 19.2. The first kappa shape index (κ1) is 14.3. The minimum Gasteiger partial charge on any atom is -0.383 e. The molecule has 1 aliphatic heterocycles. The first-order chi connectivity index (χ1) is 9.08. The summed E-state index contributed by atoms with van der Waals surface area (Å²) in [6, 6.07) is 1.70. The number of pyridine rings is 1. The van der Waals surface area contributed by atoms with Crippen molar-refractivity contribution in [1.82, 2.24) is 9.88 Å². The van der Waals surface area contributed by atoms with E-state index in [1.165, 1.54) is 0 Å². The molecule has 104 valence electrons. The predicted molar refractivity (Wildman–Crippen MR) is 76.9 cm³/mol. The molecule has 1 aromatic rings. The van der Waals surface area contributed by atoms with Crippen molar-refractivity contribution >= 4 is 27.7 Å². The second kappa shape index (κ2) is 6.34. The molecule has 2 heterocycles. The molecule has 1 aromatic heterocycles. The molecule has 1 saturated heterocycles. The average molecular weight is 328 g/mol. The Hall–Kier alpha value is -1.14. The van der Waals surface area contributed by atoms with Crippen LogP contribution in [0.25, 0.3) is 0 Å². The summed E-state index contributed by atoms with van der Waals surface area (Å²) in [5, 5.41) is 0. The standard InChI is InChI=1S/C13H18BrN3O2/c1-17(8-10-4-2-3-5-19-10)13(18)11-6-9(14)7-16-12(11)15/h6-7,10H,2-5,8H2,1H3,(H2,15,16). The summed E-state index contributed by atoms with van der Waals surface area (Å²) in [4.78, 5) is 18.0. The number of nitrogens with two attached hydrogens (primary N) is 1. The maximum absolute atomic E-state index is 12.3. The van der Waals surface area contributed by atoms with Gasteiger partial charge in [0.2, 0.25) is 0 Å². The van der Waals surface area contributed by atoms with Crippen LogP contribution >= 0.6 is 15.9 Å². The van der Waals surface area contributed by atoms with E-state index in [4.69, 9.17) is 10.5 Å². The van der Waals surface area contributed by atoms with E-state index >= 15 is 0 Å². The zero-order chi connectivity index (χ0) is 13.8. The van der Waals surface area contributed by atoms with Gasteiger partial charge in [0.1, 0.15) is 5.82 Å². The van der Waals surface area contributed by atoms with E-state index in [-0.39, 0.29) is 17.8 Å². The number of hydrogen-bond donors (Lipinski definition) is 1. The maximum atomic E-state index is 12.3. The van der Waals surface area contributed by atoms with Crippen molar-refractivity contribution in [2.24, 2.45) is 0 Å². The van der Waals surface area contributed by atoms with Crippen LogP contribution in [-0.4, -0.2) is 42.1 Å². The summed E-state index contributed by atoms with van der Waals surface area (Å²) in [5.41, 5.74) is 6.17. The largest absolute Gasteiger partial charge is 0.383 e. The van der Waals surface area contributed by atoms with Gasteiger partial charge >= 0.3 is 0 Å². The number of ether oxygens (including phenoxy) is 1. The summed E-state index contributed by atoms with van der Waals surface area (Å²) in [6.07, 6.45) is 4.98. The SMILES string of the molecule is CN(CC1CCCCO1)C(=O)c1cc(Br)cnc1N. The molecule has 1 unspecified atom stereocenters. The number of carbonyl (C=O) groups is 1. The molecule has 19 heavy (non-hydrogen) atoms. The maximum Gasteiger partial charge on any atom is 0.257 e. The average Bonchev–Trinajstić information content (AvgIpc) is 2.42. The van der Waals surface area contributed by atoms with Crippen LogP contribution in [0.15, 0.2) is 16.7 Å². The lowest BCUT2D eigenvalue weighted by molar-refractivity contribution is -0.000177. The zero-order valence-corrected chi connectivity index (χ0v) is 12.5. The predicted octanol–water partition coefficient (Wildman–Crippen LogP) is 2.07. The number of hydrogen-bond acceptors (Lipinski definition) is 4. The monoisotopic (exact) mass is 327 g/mol. The minimum absolute atomic E-state index is 0.125. The third-order valence-corrected chi connectivity index (χ3v) is 3.65. The number of nitrogen functional groups attached to an aromatic ring is 1. The molecule has 2 rings (SSSR count). The number of carbonyl (C=O) groups excluding carboxylic acids is 1. The van der Waals surface area contributed by atoms with Crippen LogP contribution < -0.4 is 5.73 Å². The van der Waals surface area contributed by atoms with Crippen LogP contribution in [0.5, 0.6) is 0 Å². The van der Waals surface area contributed by atoms with Crippen molar-refractivity contribution in [2.75, 3.05) is 25.9 Å². The van der Waals surface area contributed by atoms with Gasteiger partial charge < -0.3 is 15.4 Å². The van der Waals surface area contributed by atoms with E-state index in [2.05, 4.69) is 20.9 Å². The molecule has 0 spiro atoms. The molecule has 0 aliphatic carbocycles. The Balaban J connectivity index is 2.03. The van der Waals surface area contributed by atoms with E-state index in [1.807, 2.05) is 0 Å². The van der Waals surface area contributed by atoms with Gasteiger partial charge in [-0.3, -0.25) is 4.79 Å². The number of nitrogens with zero attached hydrogens (tertiary/aromatic N) is 2. The first-order valence-electron chi connectivity index (χ1n) is 6.36. The van der Waals surface area contributed by atoms with Crippen molar-refractivity contribution in [1.29, 1.82) is 0 Å². The molecule has 0 aromatic carbocycles. The van der Waals surface area contributed by atoms with Crippen LogP contribution in [0.3, 0.4) is 0 Å². The number of halogens is 1. The molecule has 1 atom stereocenters. The fourth-order valence-electron chi connectivity index (χ4n) is 2.17. The number of anilines is 1. The molecular formula is C13H18BrN3O2. The minimum atomic E-state index is -0.125. The van der Waals surface area contributed by atoms with Crippen LogP contribution in [0.1, 0.15) is 29.6 Å². The van der Waals surface area contributed by atoms with Crippen LogP contribution in [0.4, 0.5) is 5.82 Å². The quantitative estimate of drug-likeness (QED) is 0.922. The van der Waals surface area contributed by atoms with E-state index < -0.39 is 0 Å². The lowest BCUT2D eigenvalue weighted by atomic mass is 10.1. The lowest BCUT2D eigenvalue weighted by Gasteiger charge is -2.27. The van der Waals surface area contributed by atoms with Gasteiger partial charge in [-0.05, 0) is 41.3 Å². The Kier molecular flexibility index (Phi) is 4.76. The van der Waals surface area contributed by atoms with Gasteiger partial charge in [0, 0.05) is 30.9 Å². The highest BCUT2D eigenvalue weighted by Crippen LogP contribution is 2.19. The van der Waals surface area contributed by atoms with Crippen molar-refractivity contribution in [3.8, 4) is 0 Å². The summed E-state index contributed by atoms with van der Waals surface area (Å²) in [7, 11) is 1.76. The third kappa shape index (κ3) is 3.67. The van der Waals surface area contributed by atoms with Gasteiger partial charge in [-0.1, -0.05) is 0 Å². The fraction of sp³-hybridized carbons (Fsp3) is 0.538. The van der Waals surface area contributed by atoms with Crippen molar-refractivity contribution in [3.63, 3.8) is 0 Å². The molecular weight excluding hydrogens is 310 g/mol. The van der Waals surface area contributed by atoms with Crippen molar-refractivity contribution < 1.29 is 9.53 Å². The number of rotatable bonds is 3. The highest BCUT2D eigenvalue weighted by atomic mass is 79.9. The number of likely N-dealkylation sites (N-methyl/N-ethyl adjacent to an activating group) is 1. The van der Waals surface area contributed by atoms with Crippen LogP contribution in [0.2, 0.25) is 0 Å². The van der Waals surface area contributed by atoms with Gasteiger partial charge in [0.05, 0.1) is 11.7 Å². The van der Waals surface area contributed by atoms with Gasteiger partial charge in [0.15, 0.2) is 0 Å². The Labute approximate surface area is 121 Å². The van der Waals surface area contributed by atoms with Crippen LogP contribution in [-0.2, 0) is 4.74 Å².